The van der Waals surface area contributed by atoms with Crippen LogP contribution >= 0.6 is 0 Å². The van der Waals surface area contributed by atoms with Crippen molar-refractivity contribution >= 4 is 10.0 Å². The number of methoxy groups -OCH3 is 1. The maximum atomic E-state index is 13.8. The first-order chi connectivity index (χ1) is 16.4. The van der Waals surface area contributed by atoms with Crippen molar-refractivity contribution < 1.29 is 22.4 Å². The van der Waals surface area contributed by atoms with Gasteiger partial charge in [0.15, 0.2) is 0 Å². The monoisotopic (exact) mass is 482 g/mol. The molecule has 2 aliphatic heterocycles. The van der Waals surface area contributed by atoms with Crippen LogP contribution in [-0.2, 0) is 14.9 Å². The predicted octanol–water partition coefficient (Wildman–Crippen LogP) is 4.50. The molecule has 0 saturated carbocycles. The molecule has 2 heterocycles. The number of hydrogen-bond acceptors (Lipinski definition) is 5. The first-order valence-corrected chi connectivity index (χ1v) is 12.7. The van der Waals surface area contributed by atoms with Crippen LogP contribution in [0.1, 0.15) is 18.0 Å². The van der Waals surface area contributed by atoms with Gasteiger partial charge in [0.25, 0.3) is 0 Å². The minimum absolute atomic E-state index is 0.0980. The van der Waals surface area contributed by atoms with E-state index in [1.165, 1.54) is 12.1 Å². The summed E-state index contributed by atoms with van der Waals surface area (Å²) in [6.07, 6.45) is 0.621. The lowest BCUT2D eigenvalue weighted by Crippen LogP contribution is -2.49. The number of hydroxylamine groups is 2. The summed E-state index contributed by atoms with van der Waals surface area (Å²) in [5.41, 5.74) is 2.56. The van der Waals surface area contributed by atoms with Gasteiger partial charge in [0.2, 0.25) is 10.0 Å². The molecule has 6 nitrogen and oxygen atoms in total. The van der Waals surface area contributed by atoms with Gasteiger partial charge in [-0.2, -0.15) is 9.37 Å². The van der Waals surface area contributed by atoms with E-state index < -0.39 is 10.0 Å². The summed E-state index contributed by atoms with van der Waals surface area (Å²) in [5, 5.41) is 1.86. The Hall–Kier alpha value is -2.78. The molecule has 0 unspecified atom stereocenters. The minimum Gasteiger partial charge on any atom is -0.497 e. The zero-order valence-corrected chi connectivity index (χ0v) is 19.9. The van der Waals surface area contributed by atoms with Crippen LogP contribution < -0.4 is 4.74 Å². The van der Waals surface area contributed by atoms with E-state index in [9.17, 15) is 12.8 Å². The Morgan fingerprint density at radius 2 is 1.74 bits per heavy atom. The van der Waals surface area contributed by atoms with E-state index in [0.29, 0.717) is 25.3 Å². The molecule has 0 aliphatic carbocycles. The van der Waals surface area contributed by atoms with Gasteiger partial charge in [0.05, 0.1) is 24.7 Å². The van der Waals surface area contributed by atoms with Crippen LogP contribution in [0, 0.1) is 11.7 Å². The van der Waals surface area contributed by atoms with E-state index in [1.54, 1.807) is 41.7 Å². The average molecular weight is 483 g/mol. The van der Waals surface area contributed by atoms with Gasteiger partial charge in [-0.15, -0.1) is 0 Å². The summed E-state index contributed by atoms with van der Waals surface area (Å²) in [4.78, 5) is 5.97. The fraction of sp³-hybridized carbons (Fsp3) is 0.308. The molecule has 0 aromatic heterocycles. The van der Waals surface area contributed by atoms with Gasteiger partial charge in [0.1, 0.15) is 11.6 Å². The fourth-order valence-electron chi connectivity index (χ4n) is 4.95. The van der Waals surface area contributed by atoms with Crippen LogP contribution in [0.5, 0.6) is 5.75 Å². The highest BCUT2D eigenvalue weighted by Crippen LogP contribution is 2.42. The highest BCUT2D eigenvalue weighted by atomic mass is 32.2. The van der Waals surface area contributed by atoms with Gasteiger partial charge >= 0.3 is 0 Å². The molecule has 0 spiro atoms. The Bertz CT molecular complexity index is 1260. The van der Waals surface area contributed by atoms with E-state index in [-0.39, 0.29) is 28.7 Å². The molecule has 0 bridgehead atoms. The molecule has 34 heavy (non-hydrogen) atoms. The van der Waals surface area contributed by atoms with Gasteiger partial charge in [-0.1, -0.05) is 36.4 Å². The maximum Gasteiger partial charge on any atom is 0.243 e. The highest BCUT2D eigenvalue weighted by Gasteiger charge is 2.46. The average Bonchev–Trinajstić information content (AvgIpc) is 3.23. The lowest BCUT2D eigenvalue weighted by molar-refractivity contribution is -0.113. The highest BCUT2D eigenvalue weighted by molar-refractivity contribution is 7.89. The van der Waals surface area contributed by atoms with E-state index in [2.05, 4.69) is 0 Å². The number of rotatable bonds is 5. The van der Waals surface area contributed by atoms with E-state index in [4.69, 9.17) is 9.57 Å². The lowest BCUT2D eigenvalue weighted by atomic mass is 9.87. The van der Waals surface area contributed by atoms with Crippen molar-refractivity contribution in [3.8, 4) is 16.9 Å². The summed E-state index contributed by atoms with van der Waals surface area (Å²) in [5.74, 6) is 0.412. The van der Waals surface area contributed by atoms with E-state index >= 15 is 0 Å². The Kier molecular flexibility index (Phi) is 6.16. The van der Waals surface area contributed by atoms with E-state index in [1.807, 2.05) is 42.4 Å². The van der Waals surface area contributed by atoms with Crippen LogP contribution in [0.3, 0.4) is 0 Å². The van der Waals surface area contributed by atoms with Crippen LogP contribution in [-0.4, -0.2) is 51.1 Å². The number of benzene rings is 3. The first kappa shape index (κ1) is 23.0. The molecular formula is C26H27FN2O4S. The van der Waals surface area contributed by atoms with Crippen LogP contribution in [0.15, 0.2) is 77.7 Å². The molecule has 5 rings (SSSR count). The SMILES string of the molecule is COc1ccc(S(=O)(=O)N2C[C@H]3CON(C)[C@H]3C[C@H]2c2ccc(-c3cccc(F)c3)cc2)cc1. The summed E-state index contributed by atoms with van der Waals surface area (Å²) < 4.78 is 48.0. The van der Waals surface area contributed by atoms with Gasteiger partial charge in [-0.05, 0) is 59.5 Å². The Morgan fingerprint density at radius 1 is 1.00 bits per heavy atom. The van der Waals surface area contributed by atoms with Gasteiger partial charge in [-0.3, -0.25) is 4.84 Å². The van der Waals surface area contributed by atoms with Crippen molar-refractivity contribution in [1.29, 1.82) is 0 Å². The summed E-state index contributed by atoms with van der Waals surface area (Å²) in [6.45, 7) is 0.876. The third-order valence-electron chi connectivity index (χ3n) is 6.85. The molecular weight excluding hydrogens is 455 g/mol. The zero-order chi connectivity index (χ0) is 23.9. The van der Waals surface area contributed by atoms with Crippen LogP contribution in [0.4, 0.5) is 4.39 Å². The van der Waals surface area contributed by atoms with Crippen LogP contribution in [0.2, 0.25) is 0 Å². The smallest absolute Gasteiger partial charge is 0.243 e. The van der Waals surface area contributed by atoms with Crippen molar-refractivity contribution in [1.82, 2.24) is 9.37 Å². The van der Waals surface area contributed by atoms with Crippen molar-refractivity contribution in [2.45, 2.75) is 23.4 Å². The van der Waals surface area contributed by atoms with Crippen LogP contribution in [0.25, 0.3) is 11.1 Å². The predicted molar refractivity (Wildman–Crippen MR) is 127 cm³/mol. The number of fused-ring (bicyclic) bond motifs is 1. The second kappa shape index (κ2) is 9.11. The van der Waals surface area contributed by atoms with Gasteiger partial charge in [-0.25, -0.2) is 12.8 Å². The number of halogens is 1. The zero-order valence-electron chi connectivity index (χ0n) is 19.1. The number of hydrogen-bond donors (Lipinski definition) is 0. The number of ether oxygens (including phenoxy) is 1. The third-order valence-corrected chi connectivity index (χ3v) is 8.74. The Morgan fingerprint density at radius 3 is 2.41 bits per heavy atom. The topological polar surface area (TPSA) is 59.1 Å². The number of nitrogens with zero attached hydrogens (tertiary/aromatic N) is 2. The first-order valence-electron chi connectivity index (χ1n) is 11.2. The molecule has 3 aromatic carbocycles. The molecule has 0 amide bonds. The number of sulfonamides is 1. The van der Waals surface area contributed by atoms with Gasteiger partial charge in [0, 0.05) is 25.6 Å². The Labute approximate surface area is 199 Å². The second-order valence-electron chi connectivity index (χ2n) is 8.80. The van der Waals surface area contributed by atoms with Gasteiger partial charge < -0.3 is 4.74 Å². The van der Waals surface area contributed by atoms with Crippen molar-refractivity contribution in [3.05, 3.63) is 84.2 Å². The molecule has 2 fully saturated rings. The quantitative estimate of drug-likeness (QED) is 0.536. The lowest BCUT2D eigenvalue weighted by Gasteiger charge is -2.41. The molecule has 178 valence electrons. The molecule has 0 N–H and O–H groups in total. The molecule has 0 radical (unpaired) electrons. The molecule has 2 aliphatic rings. The minimum atomic E-state index is -3.75. The normalized spacial score (nSPS) is 23.6. The molecule has 3 aromatic rings. The molecule has 3 atom stereocenters. The Balaban J connectivity index is 1.50. The summed E-state index contributed by atoms with van der Waals surface area (Å²) in [7, 11) is -0.299. The fourth-order valence-corrected chi connectivity index (χ4v) is 6.64. The largest absolute Gasteiger partial charge is 0.497 e. The second-order valence-corrected chi connectivity index (χ2v) is 10.7. The third kappa shape index (κ3) is 4.22. The number of piperidine rings is 1. The van der Waals surface area contributed by atoms with Crippen molar-refractivity contribution in [3.63, 3.8) is 0 Å². The molecule has 8 heteroatoms. The standard InChI is InChI=1S/C26H27FN2O4S/c1-28-25-15-26(19-8-6-18(7-9-19)20-4-3-5-22(27)14-20)29(16-21(25)17-33-28)34(30,31)24-12-10-23(32-2)11-13-24/h3-14,21,25-26H,15-17H2,1-2H3/t21-,25-,26-/m0/s1. The van der Waals surface area contributed by atoms with E-state index in [0.717, 1.165) is 16.7 Å². The van der Waals surface area contributed by atoms with Crippen molar-refractivity contribution in [2.24, 2.45) is 5.92 Å². The van der Waals surface area contributed by atoms with Crippen molar-refractivity contribution in [2.75, 3.05) is 27.3 Å². The molecule has 2 saturated heterocycles. The summed E-state index contributed by atoms with van der Waals surface area (Å²) in [6, 6.07) is 20.4. The maximum absolute atomic E-state index is 13.8. The summed E-state index contributed by atoms with van der Waals surface area (Å²) >= 11 is 0.